The highest BCUT2D eigenvalue weighted by molar-refractivity contribution is 5.84. The number of aryl methyl sites for hydroxylation is 1. The van der Waals surface area contributed by atoms with Crippen LogP contribution in [0.1, 0.15) is 51.8 Å². The van der Waals surface area contributed by atoms with Gasteiger partial charge >= 0.3 is 6.09 Å². The Morgan fingerprint density at radius 2 is 2.00 bits per heavy atom. The first-order valence-electron chi connectivity index (χ1n) is 9.58. The Morgan fingerprint density at radius 3 is 2.70 bits per heavy atom. The van der Waals surface area contributed by atoms with Crippen LogP contribution in [-0.2, 0) is 11.2 Å². The third-order valence-corrected chi connectivity index (χ3v) is 5.85. The molecule has 146 valence electrons. The second kappa shape index (κ2) is 7.04. The molecule has 2 unspecified atom stereocenters. The summed E-state index contributed by atoms with van der Waals surface area (Å²) in [6.07, 6.45) is 3.66. The zero-order valence-electron chi connectivity index (χ0n) is 16.9. The number of aromatic amines is 1. The summed E-state index contributed by atoms with van der Waals surface area (Å²) in [5, 5.41) is 12.3. The number of benzene rings is 1. The molecule has 0 saturated carbocycles. The van der Waals surface area contributed by atoms with Gasteiger partial charge in [-0.3, -0.25) is 4.90 Å². The van der Waals surface area contributed by atoms with Crippen molar-refractivity contribution in [3.63, 3.8) is 0 Å². The van der Waals surface area contributed by atoms with E-state index in [2.05, 4.69) is 17.1 Å². The molecule has 0 radical (unpaired) electrons. The number of carbonyl (C=O) groups is 1. The summed E-state index contributed by atoms with van der Waals surface area (Å²) in [6, 6.07) is 8.15. The van der Waals surface area contributed by atoms with Gasteiger partial charge in [0.25, 0.3) is 0 Å². The van der Waals surface area contributed by atoms with Crippen LogP contribution in [0, 0.1) is 6.92 Å². The lowest BCUT2D eigenvalue weighted by Crippen LogP contribution is -2.55. The van der Waals surface area contributed by atoms with Crippen molar-refractivity contribution in [2.24, 2.45) is 0 Å². The lowest BCUT2D eigenvalue weighted by atomic mass is 9.88. The zero-order valence-corrected chi connectivity index (χ0v) is 16.9. The van der Waals surface area contributed by atoms with Gasteiger partial charge in [-0.1, -0.05) is 29.8 Å². The molecule has 27 heavy (non-hydrogen) atoms. The van der Waals surface area contributed by atoms with Gasteiger partial charge in [0.1, 0.15) is 0 Å². The minimum atomic E-state index is -1.35. The molecule has 2 atom stereocenters. The number of hydrogen-bond donors (Lipinski definition) is 2. The number of nitrogens with zero attached hydrogens (tertiary/aromatic N) is 1. The van der Waals surface area contributed by atoms with Crippen molar-refractivity contribution in [1.82, 2.24) is 9.88 Å². The molecule has 1 amide bonds. The molecule has 3 rings (SSSR count). The highest BCUT2D eigenvalue weighted by Crippen LogP contribution is 2.41. The van der Waals surface area contributed by atoms with Crippen molar-refractivity contribution in [1.29, 1.82) is 0 Å². The van der Waals surface area contributed by atoms with E-state index in [0.29, 0.717) is 19.4 Å². The smallest absolute Gasteiger partial charge is 0.412 e. The van der Waals surface area contributed by atoms with E-state index in [4.69, 9.17) is 4.74 Å². The molecule has 5 heteroatoms. The monoisotopic (exact) mass is 370 g/mol. The topological polar surface area (TPSA) is 65.6 Å². The maximum absolute atomic E-state index is 12.5. The fourth-order valence-electron chi connectivity index (χ4n) is 3.92. The lowest BCUT2D eigenvalue weighted by molar-refractivity contribution is -0.138. The Balaban J connectivity index is 1.77. The number of ether oxygens (including phenoxy) is 1. The van der Waals surface area contributed by atoms with Crippen molar-refractivity contribution in [3.8, 4) is 0 Å². The predicted molar refractivity (Wildman–Crippen MR) is 108 cm³/mol. The molecule has 1 aliphatic rings. The number of hydrogen-bond acceptors (Lipinski definition) is 3. The van der Waals surface area contributed by atoms with E-state index in [-0.39, 0.29) is 0 Å². The van der Waals surface area contributed by atoms with Crippen LogP contribution in [0.2, 0.25) is 0 Å². The van der Waals surface area contributed by atoms with Crippen LogP contribution in [0.4, 0.5) is 4.79 Å². The number of fused-ring (bicyclic) bond motifs is 1. The molecule has 1 fully saturated rings. The summed E-state index contributed by atoms with van der Waals surface area (Å²) in [5.74, 6) is 0. The van der Waals surface area contributed by atoms with Crippen molar-refractivity contribution in [2.45, 2.75) is 65.2 Å². The van der Waals surface area contributed by atoms with Crippen LogP contribution in [0.25, 0.3) is 10.9 Å². The summed E-state index contributed by atoms with van der Waals surface area (Å²) in [6.45, 7) is 10.0. The van der Waals surface area contributed by atoms with Gasteiger partial charge in [-0.15, -0.1) is 0 Å². The Morgan fingerprint density at radius 1 is 1.30 bits per heavy atom. The van der Waals surface area contributed by atoms with E-state index in [1.54, 1.807) is 6.92 Å². The Bertz CT molecular complexity index is 877. The van der Waals surface area contributed by atoms with Crippen LogP contribution < -0.4 is 0 Å². The van der Waals surface area contributed by atoms with Crippen molar-refractivity contribution in [3.05, 3.63) is 47.2 Å². The first-order chi connectivity index (χ1) is 12.7. The van der Waals surface area contributed by atoms with Crippen LogP contribution in [-0.4, -0.2) is 39.0 Å². The van der Waals surface area contributed by atoms with Crippen LogP contribution in [0.15, 0.2) is 35.9 Å². The summed E-state index contributed by atoms with van der Waals surface area (Å²) < 4.78 is 5.65. The maximum atomic E-state index is 12.5. The Labute approximate surface area is 161 Å². The highest BCUT2D eigenvalue weighted by atomic mass is 16.6. The average molecular weight is 370 g/mol. The fraction of sp³-hybridized carbons (Fsp3) is 0.500. The van der Waals surface area contributed by atoms with Crippen molar-refractivity contribution < 1.29 is 14.6 Å². The Hall–Kier alpha value is -2.27. The van der Waals surface area contributed by atoms with Crippen molar-refractivity contribution >= 4 is 17.0 Å². The van der Waals surface area contributed by atoms with Crippen LogP contribution in [0.5, 0.6) is 0 Å². The number of aliphatic hydroxyl groups is 1. The molecular weight excluding hydrogens is 340 g/mol. The van der Waals surface area contributed by atoms with E-state index in [0.717, 1.165) is 23.0 Å². The first-order valence-corrected chi connectivity index (χ1v) is 9.58. The van der Waals surface area contributed by atoms with Gasteiger partial charge in [0, 0.05) is 23.1 Å². The molecule has 0 bridgehead atoms. The number of aromatic nitrogens is 1. The minimum Gasteiger partial charge on any atom is -0.438 e. The SMILES string of the molecule is CC(C)=CCCC1(C)OC(=O)N(CCc2c(C)[nH]c3ccccc23)C1(C)O. The normalized spacial score (nSPS) is 25.1. The number of amides is 1. The van der Waals surface area contributed by atoms with Gasteiger partial charge in [-0.05, 0) is 65.5 Å². The molecular formula is C22H30N2O3. The quantitative estimate of drug-likeness (QED) is 0.725. The lowest BCUT2D eigenvalue weighted by Gasteiger charge is -2.37. The molecule has 2 N–H and O–H groups in total. The predicted octanol–water partition coefficient (Wildman–Crippen LogP) is 4.68. The number of rotatable bonds is 6. The Kier molecular flexibility index (Phi) is 5.08. The second-order valence-electron chi connectivity index (χ2n) is 8.12. The zero-order chi connectivity index (χ0) is 19.8. The second-order valence-corrected chi connectivity index (χ2v) is 8.12. The molecule has 0 aliphatic carbocycles. The molecule has 0 spiro atoms. The number of para-hydroxylation sites is 1. The third-order valence-electron chi connectivity index (χ3n) is 5.85. The van der Waals surface area contributed by atoms with E-state index < -0.39 is 17.4 Å². The molecule has 1 aromatic carbocycles. The van der Waals surface area contributed by atoms with Gasteiger partial charge < -0.3 is 14.8 Å². The molecule has 2 heterocycles. The molecule has 1 saturated heterocycles. The van der Waals surface area contributed by atoms with E-state index in [1.165, 1.54) is 16.0 Å². The van der Waals surface area contributed by atoms with E-state index >= 15 is 0 Å². The average Bonchev–Trinajstić information content (AvgIpc) is 2.97. The minimum absolute atomic E-state index is 0.409. The molecule has 2 aromatic rings. The number of allylic oxidation sites excluding steroid dienone is 2. The molecule has 1 aromatic heterocycles. The van der Waals surface area contributed by atoms with Gasteiger partial charge in [0.15, 0.2) is 11.3 Å². The van der Waals surface area contributed by atoms with Crippen LogP contribution >= 0.6 is 0 Å². The van der Waals surface area contributed by atoms with Crippen molar-refractivity contribution in [2.75, 3.05) is 6.54 Å². The van der Waals surface area contributed by atoms with Crippen LogP contribution in [0.3, 0.4) is 0 Å². The van der Waals surface area contributed by atoms with Gasteiger partial charge in [0.2, 0.25) is 0 Å². The summed E-state index contributed by atoms with van der Waals surface area (Å²) in [7, 11) is 0. The first kappa shape index (κ1) is 19.5. The fourth-order valence-corrected chi connectivity index (χ4v) is 3.92. The summed E-state index contributed by atoms with van der Waals surface area (Å²) in [5.41, 5.74) is 2.30. The standard InChI is InChI=1S/C22H30N2O3/c1-15(2)9-8-13-21(4)22(5,26)24(20(25)27-21)14-12-17-16(3)23-19-11-7-6-10-18(17)19/h6-7,9-11,23,26H,8,12-14H2,1-5H3. The number of H-pyrrole nitrogens is 1. The maximum Gasteiger partial charge on any atom is 0.412 e. The molecule has 1 aliphatic heterocycles. The van der Waals surface area contributed by atoms with Gasteiger partial charge in [-0.25, -0.2) is 4.79 Å². The number of carbonyl (C=O) groups excluding carboxylic acids is 1. The van der Waals surface area contributed by atoms with Gasteiger partial charge in [-0.2, -0.15) is 0 Å². The highest BCUT2D eigenvalue weighted by Gasteiger charge is 2.58. The summed E-state index contributed by atoms with van der Waals surface area (Å²) >= 11 is 0. The third kappa shape index (κ3) is 3.48. The number of nitrogens with one attached hydrogen (secondary N) is 1. The number of cyclic esters (lactones) is 1. The van der Waals surface area contributed by atoms with E-state index in [1.807, 2.05) is 45.9 Å². The molecule has 5 nitrogen and oxygen atoms in total. The largest absolute Gasteiger partial charge is 0.438 e. The van der Waals surface area contributed by atoms with E-state index in [9.17, 15) is 9.90 Å². The van der Waals surface area contributed by atoms with Gasteiger partial charge in [0.05, 0.1) is 0 Å². The summed E-state index contributed by atoms with van der Waals surface area (Å²) in [4.78, 5) is 17.4.